The van der Waals surface area contributed by atoms with E-state index in [1.807, 2.05) is 6.07 Å². The van der Waals surface area contributed by atoms with E-state index in [1.165, 1.54) is 19.2 Å². The van der Waals surface area contributed by atoms with Gasteiger partial charge < -0.3 is 14.8 Å². The van der Waals surface area contributed by atoms with Gasteiger partial charge in [-0.15, -0.1) is 0 Å². The minimum atomic E-state index is -3.74. The summed E-state index contributed by atoms with van der Waals surface area (Å²) in [6, 6.07) is 9.90. The summed E-state index contributed by atoms with van der Waals surface area (Å²) in [5.41, 5.74) is 1.09. The average molecular weight is 421 g/mol. The first-order valence-electron chi connectivity index (χ1n) is 9.11. The molecule has 0 saturated heterocycles. The molecule has 0 aliphatic rings. The quantitative estimate of drug-likeness (QED) is 0.718. The van der Waals surface area contributed by atoms with Crippen molar-refractivity contribution in [1.82, 2.24) is 10.0 Å². The second-order valence-electron chi connectivity index (χ2n) is 7.67. The van der Waals surface area contributed by atoms with Crippen LogP contribution < -0.4 is 19.5 Å². The Kier molecular flexibility index (Phi) is 6.92. The zero-order chi connectivity index (χ0) is 21.8. The van der Waals surface area contributed by atoms with Gasteiger partial charge in [0.1, 0.15) is 0 Å². The Balaban J connectivity index is 2.26. The van der Waals surface area contributed by atoms with Gasteiger partial charge in [-0.05, 0) is 51.5 Å². The third kappa shape index (κ3) is 5.71. The molecule has 7 nitrogen and oxygen atoms in total. The van der Waals surface area contributed by atoms with Gasteiger partial charge >= 0.3 is 0 Å². The molecule has 2 aromatic rings. The number of sulfonamides is 1. The fraction of sp³-hybridized carbons (Fsp3) is 0.381. The summed E-state index contributed by atoms with van der Waals surface area (Å²) < 4.78 is 38.4. The van der Waals surface area contributed by atoms with E-state index in [-0.39, 0.29) is 17.3 Å². The standard InChI is InChI=1S/C21H28N2O5S/c1-14-10-11-16(29(25,26)23-21(2,3)4)12-17(14)20(24)22-13-15-8-7-9-18(27-5)19(15)28-6/h7-12,23H,13H2,1-6H3,(H,22,24). The van der Waals surface area contributed by atoms with Crippen LogP contribution in [0.2, 0.25) is 0 Å². The highest BCUT2D eigenvalue weighted by Crippen LogP contribution is 2.30. The number of carbonyl (C=O) groups excluding carboxylic acids is 1. The van der Waals surface area contributed by atoms with Crippen molar-refractivity contribution >= 4 is 15.9 Å². The van der Waals surface area contributed by atoms with Crippen molar-refractivity contribution in [1.29, 1.82) is 0 Å². The van der Waals surface area contributed by atoms with E-state index in [1.54, 1.807) is 53.0 Å². The topological polar surface area (TPSA) is 93.7 Å². The van der Waals surface area contributed by atoms with Crippen LogP contribution in [0.25, 0.3) is 0 Å². The van der Waals surface area contributed by atoms with Crippen molar-refractivity contribution in [2.24, 2.45) is 0 Å². The van der Waals surface area contributed by atoms with E-state index in [4.69, 9.17) is 9.47 Å². The van der Waals surface area contributed by atoms with Crippen LogP contribution >= 0.6 is 0 Å². The largest absolute Gasteiger partial charge is 0.493 e. The molecule has 0 aromatic heterocycles. The number of carbonyl (C=O) groups is 1. The SMILES string of the molecule is COc1cccc(CNC(=O)c2cc(S(=O)(=O)NC(C)(C)C)ccc2C)c1OC. The van der Waals surface area contributed by atoms with Crippen LogP contribution in [0.1, 0.15) is 42.3 Å². The van der Waals surface area contributed by atoms with Crippen LogP contribution in [0.4, 0.5) is 0 Å². The molecule has 0 bridgehead atoms. The van der Waals surface area contributed by atoms with Gasteiger partial charge in [-0.2, -0.15) is 0 Å². The molecular formula is C21H28N2O5S. The molecule has 0 spiro atoms. The number of aryl methyl sites for hydroxylation is 1. The fourth-order valence-electron chi connectivity index (χ4n) is 2.84. The van der Waals surface area contributed by atoms with Crippen LogP contribution in [0.15, 0.2) is 41.3 Å². The number of methoxy groups -OCH3 is 2. The van der Waals surface area contributed by atoms with Crippen molar-refractivity contribution in [3.63, 3.8) is 0 Å². The number of ether oxygens (including phenoxy) is 2. The Morgan fingerprint density at radius 1 is 1.07 bits per heavy atom. The molecule has 0 atom stereocenters. The van der Waals surface area contributed by atoms with Crippen molar-refractivity contribution in [2.75, 3.05) is 14.2 Å². The van der Waals surface area contributed by atoms with Gasteiger partial charge in [0.15, 0.2) is 11.5 Å². The van der Waals surface area contributed by atoms with Crippen LogP contribution in [0.5, 0.6) is 11.5 Å². The number of rotatable bonds is 7. The molecule has 8 heteroatoms. The normalized spacial score (nSPS) is 11.8. The molecular weight excluding hydrogens is 392 g/mol. The average Bonchev–Trinajstić information content (AvgIpc) is 2.63. The summed E-state index contributed by atoms with van der Waals surface area (Å²) in [7, 11) is -0.670. The number of nitrogens with one attached hydrogen (secondary N) is 2. The summed E-state index contributed by atoms with van der Waals surface area (Å²) in [5, 5.41) is 2.82. The highest BCUT2D eigenvalue weighted by Gasteiger charge is 2.23. The van der Waals surface area contributed by atoms with Gasteiger partial charge in [0.2, 0.25) is 10.0 Å². The van der Waals surface area contributed by atoms with E-state index < -0.39 is 15.6 Å². The Bertz CT molecular complexity index is 995. The third-order valence-electron chi connectivity index (χ3n) is 4.13. The Morgan fingerprint density at radius 2 is 1.76 bits per heavy atom. The lowest BCUT2D eigenvalue weighted by molar-refractivity contribution is 0.0949. The lowest BCUT2D eigenvalue weighted by Crippen LogP contribution is -2.40. The van der Waals surface area contributed by atoms with Crippen LogP contribution in [0.3, 0.4) is 0 Å². The number of para-hydroxylation sites is 1. The fourth-order valence-corrected chi connectivity index (χ4v) is 4.28. The maximum absolute atomic E-state index is 12.8. The molecule has 0 unspecified atom stereocenters. The maximum Gasteiger partial charge on any atom is 0.251 e. The molecule has 0 aliphatic heterocycles. The van der Waals surface area contributed by atoms with Crippen LogP contribution in [-0.2, 0) is 16.6 Å². The van der Waals surface area contributed by atoms with Crippen molar-refractivity contribution in [3.05, 3.63) is 53.1 Å². The van der Waals surface area contributed by atoms with Gasteiger partial charge in [-0.3, -0.25) is 4.79 Å². The van der Waals surface area contributed by atoms with Gasteiger partial charge in [-0.25, -0.2) is 13.1 Å². The molecule has 29 heavy (non-hydrogen) atoms. The zero-order valence-corrected chi connectivity index (χ0v) is 18.4. The van der Waals surface area contributed by atoms with Crippen molar-refractivity contribution < 1.29 is 22.7 Å². The number of amides is 1. The highest BCUT2D eigenvalue weighted by atomic mass is 32.2. The monoisotopic (exact) mass is 420 g/mol. The van der Waals surface area contributed by atoms with Crippen LogP contribution in [0, 0.1) is 6.92 Å². The predicted molar refractivity (Wildman–Crippen MR) is 112 cm³/mol. The molecule has 0 saturated carbocycles. The van der Waals surface area contributed by atoms with Gasteiger partial charge in [0.05, 0.1) is 19.1 Å². The molecule has 2 rings (SSSR count). The third-order valence-corrected chi connectivity index (χ3v) is 5.88. The Hall–Kier alpha value is -2.58. The van der Waals surface area contributed by atoms with E-state index in [2.05, 4.69) is 10.0 Å². The van der Waals surface area contributed by atoms with Crippen LogP contribution in [-0.4, -0.2) is 34.1 Å². The molecule has 0 aliphatic carbocycles. The summed E-state index contributed by atoms with van der Waals surface area (Å²) in [6.45, 7) is 7.24. The summed E-state index contributed by atoms with van der Waals surface area (Å²) in [5.74, 6) is 0.731. The highest BCUT2D eigenvalue weighted by molar-refractivity contribution is 7.89. The minimum absolute atomic E-state index is 0.0436. The van der Waals surface area contributed by atoms with Crippen molar-refractivity contribution in [2.45, 2.75) is 44.7 Å². The number of hydrogen-bond acceptors (Lipinski definition) is 5. The second kappa shape index (κ2) is 8.84. The Morgan fingerprint density at radius 3 is 2.34 bits per heavy atom. The van der Waals surface area contributed by atoms with E-state index in [0.29, 0.717) is 22.6 Å². The first kappa shape index (κ1) is 22.7. The number of hydrogen-bond donors (Lipinski definition) is 2. The van der Waals surface area contributed by atoms with Gasteiger partial charge in [0, 0.05) is 23.2 Å². The number of benzene rings is 2. The molecule has 158 valence electrons. The zero-order valence-electron chi connectivity index (χ0n) is 17.6. The van der Waals surface area contributed by atoms with E-state index in [0.717, 1.165) is 5.56 Å². The lowest BCUT2D eigenvalue weighted by atomic mass is 10.1. The smallest absolute Gasteiger partial charge is 0.251 e. The molecule has 1 amide bonds. The second-order valence-corrected chi connectivity index (χ2v) is 9.35. The first-order chi connectivity index (χ1) is 13.5. The Labute approximate surface area is 172 Å². The molecule has 2 N–H and O–H groups in total. The molecule has 0 fully saturated rings. The first-order valence-corrected chi connectivity index (χ1v) is 10.6. The molecule has 2 aromatic carbocycles. The van der Waals surface area contributed by atoms with E-state index in [9.17, 15) is 13.2 Å². The summed E-state index contributed by atoms with van der Waals surface area (Å²) >= 11 is 0. The molecule has 0 heterocycles. The van der Waals surface area contributed by atoms with Gasteiger partial charge in [0.25, 0.3) is 5.91 Å². The predicted octanol–water partition coefficient (Wildman–Crippen LogP) is 3.02. The summed E-state index contributed by atoms with van der Waals surface area (Å²) in [6.07, 6.45) is 0. The minimum Gasteiger partial charge on any atom is -0.493 e. The lowest BCUT2D eigenvalue weighted by Gasteiger charge is -2.20. The molecule has 0 radical (unpaired) electrons. The van der Waals surface area contributed by atoms with Crippen molar-refractivity contribution in [3.8, 4) is 11.5 Å². The summed E-state index contributed by atoms with van der Waals surface area (Å²) in [4.78, 5) is 12.8. The maximum atomic E-state index is 12.8. The van der Waals surface area contributed by atoms with E-state index >= 15 is 0 Å². The van der Waals surface area contributed by atoms with Gasteiger partial charge in [-0.1, -0.05) is 18.2 Å².